The Balaban J connectivity index is 2.56. The quantitative estimate of drug-likeness (QED) is 0.860. The van der Waals surface area contributed by atoms with Crippen LogP contribution in [-0.4, -0.2) is 15.7 Å². The van der Waals surface area contributed by atoms with Crippen LogP contribution in [0.5, 0.6) is 0 Å². The van der Waals surface area contributed by atoms with Crippen LogP contribution < -0.4 is 5.73 Å². The van der Waals surface area contributed by atoms with Gasteiger partial charge in [-0.05, 0) is 24.6 Å². The van der Waals surface area contributed by atoms with Crippen molar-refractivity contribution in [3.8, 4) is 17.2 Å². The SMILES string of the molecule is Cc1nn(C)c(C#N)c1-c1ccc(C(N)=O)cc1. The van der Waals surface area contributed by atoms with Crippen LogP contribution in [0.1, 0.15) is 21.7 Å². The topological polar surface area (TPSA) is 84.7 Å². The molecule has 1 heterocycles. The Kier molecular flexibility index (Phi) is 2.86. The first kappa shape index (κ1) is 11.9. The molecule has 5 heteroatoms. The number of amides is 1. The van der Waals surface area contributed by atoms with E-state index >= 15 is 0 Å². The lowest BCUT2D eigenvalue weighted by Gasteiger charge is -2.02. The van der Waals surface area contributed by atoms with E-state index in [1.165, 1.54) is 0 Å². The number of benzene rings is 1. The molecule has 1 aromatic heterocycles. The van der Waals surface area contributed by atoms with Crippen molar-refractivity contribution in [2.24, 2.45) is 12.8 Å². The van der Waals surface area contributed by atoms with Crippen LogP contribution >= 0.6 is 0 Å². The average Bonchev–Trinajstić information content (AvgIpc) is 2.63. The molecule has 0 aliphatic carbocycles. The molecule has 0 bridgehead atoms. The van der Waals surface area contributed by atoms with Gasteiger partial charge in [0.2, 0.25) is 5.91 Å². The first-order valence-electron chi connectivity index (χ1n) is 5.38. The molecule has 1 aromatic carbocycles. The van der Waals surface area contributed by atoms with Crippen LogP contribution in [0.2, 0.25) is 0 Å². The summed E-state index contributed by atoms with van der Waals surface area (Å²) in [5.74, 6) is -0.468. The van der Waals surface area contributed by atoms with Gasteiger partial charge >= 0.3 is 0 Å². The molecule has 5 nitrogen and oxygen atoms in total. The van der Waals surface area contributed by atoms with Gasteiger partial charge in [-0.3, -0.25) is 9.48 Å². The van der Waals surface area contributed by atoms with E-state index in [4.69, 9.17) is 11.0 Å². The molecule has 0 saturated carbocycles. The number of hydrogen-bond acceptors (Lipinski definition) is 3. The van der Waals surface area contributed by atoms with Gasteiger partial charge in [0.1, 0.15) is 11.8 Å². The van der Waals surface area contributed by atoms with E-state index in [2.05, 4.69) is 11.2 Å². The van der Waals surface area contributed by atoms with Crippen LogP contribution in [0.4, 0.5) is 0 Å². The van der Waals surface area contributed by atoms with Crippen molar-refractivity contribution < 1.29 is 4.79 Å². The highest BCUT2D eigenvalue weighted by molar-refractivity contribution is 5.93. The summed E-state index contributed by atoms with van der Waals surface area (Å²) in [5, 5.41) is 13.4. The predicted molar refractivity (Wildman–Crippen MR) is 66.6 cm³/mol. The van der Waals surface area contributed by atoms with Crippen LogP contribution in [0.25, 0.3) is 11.1 Å². The lowest BCUT2D eigenvalue weighted by atomic mass is 10.0. The molecule has 0 aliphatic heterocycles. The summed E-state index contributed by atoms with van der Waals surface area (Å²) in [6.45, 7) is 1.85. The fourth-order valence-corrected chi connectivity index (χ4v) is 1.93. The molecule has 0 fully saturated rings. The molecular weight excluding hydrogens is 228 g/mol. The van der Waals surface area contributed by atoms with Gasteiger partial charge in [0.25, 0.3) is 0 Å². The maximum atomic E-state index is 11.0. The molecule has 0 radical (unpaired) electrons. The average molecular weight is 240 g/mol. The van der Waals surface area contributed by atoms with E-state index in [0.29, 0.717) is 11.3 Å². The fraction of sp³-hybridized carbons (Fsp3) is 0.154. The zero-order valence-electron chi connectivity index (χ0n) is 10.1. The third-order valence-electron chi connectivity index (χ3n) is 2.79. The van der Waals surface area contributed by atoms with Gasteiger partial charge in [0.05, 0.1) is 5.69 Å². The number of nitrogens with zero attached hydrogens (tertiary/aromatic N) is 3. The summed E-state index contributed by atoms with van der Waals surface area (Å²) in [5.41, 5.74) is 8.54. The predicted octanol–water partition coefficient (Wildman–Crippen LogP) is 1.37. The normalized spacial score (nSPS) is 10.1. The Hall–Kier alpha value is -2.61. The van der Waals surface area contributed by atoms with Crippen molar-refractivity contribution in [3.05, 3.63) is 41.2 Å². The highest BCUT2D eigenvalue weighted by Crippen LogP contribution is 2.26. The van der Waals surface area contributed by atoms with Crippen LogP contribution in [0, 0.1) is 18.3 Å². The van der Waals surface area contributed by atoms with Crippen molar-refractivity contribution >= 4 is 5.91 Å². The van der Waals surface area contributed by atoms with Crippen LogP contribution in [0.15, 0.2) is 24.3 Å². The van der Waals surface area contributed by atoms with E-state index in [1.54, 1.807) is 36.0 Å². The number of nitriles is 1. The molecule has 0 aliphatic rings. The highest BCUT2D eigenvalue weighted by Gasteiger charge is 2.14. The zero-order chi connectivity index (χ0) is 13.3. The van der Waals surface area contributed by atoms with Gasteiger partial charge < -0.3 is 5.73 Å². The fourth-order valence-electron chi connectivity index (χ4n) is 1.93. The van der Waals surface area contributed by atoms with Gasteiger partial charge in [0.15, 0.2) is 0 Å². The molecular formula is C13H12N4O. The third-order valence-corrected chi connectivity index (χ3v) is 2.79. The van der Waals surface area contributed by atoms with Crippen LogP contribution in [-0.2, 0) is 7.05 Å². The first-order valence-corrected chi connectivity index (χ1v) is 5.38. The van der Waals surface area contributed by atoms with Crippen LogP contribution in [0.3, 0.4) is 0 Å². The molecule has 0 spiro atoms. The van der Waals surface area contributed by atoms with Crippen molar-refractivity contribution in [3.63, 3.8) is 0 Å². The Labute approximate surface area is 104 Å². The minimum atomic E-state index is -0.468. The number of hydrogen-bond donors (Lipinski definition) is 1. The van der Waals surface area contributed by atoms with Gasteiger partial charge in [-0.15, -0.1) is 0 Å². The molecule has 90 valence electrons. The first-order chi connectivity index (χ1) is 8.54. The van der Waals surface area contributed by atoms with E-state index < -0.39 is 5.91 Å². The number of rotatable bonds is 2. The summed E-state index contributed by atoms with van der Waals surface area (Å²) in [7, 11) is 1.73. The van der Waals surface area contributed by atoms with Gasteiger partial charge in [-0.25, -0.2) is 0 Å². The lowest BCUT2D eigenvalue weighted by molar-refractivity contribution is 0.100. The lowest BCUT2D eigenvalue weighted by Crippen LogP contribution is -2.10. The molecule has 1 amide bonds. The monoisotopic (exact) mass is 240 g/mol. The Morgan fingerprint density at radius 2 is 2.00 bits per heavy atom. The van der Waals surface area contributed by atoms with E-state index in [-0.39, 0.29) is 0 Å². The molecule has 2 N–H and O–H groups in total. The largest absolute Gasteiger partial charge is 0.366 e. The van der Waals surface area contributed by atoms with E-state index in [0.717, 1.165) is 16.8 Å². The number of primary amides is 1. The van der Waals surface area contributed by atoms with Crippen molar-refractivity contribution in [2.45, 2.75) is 6.92 Å². The number of carbonyl (C=O) groups is 1. The maximum Gasteiger partial charge on any atom is 0.248 e. The number of aromatic nitrogens is 2. The summed E-state index contributed by atoms with van der Waals surface area (Å²) in [6, 6.07) is 8.96. The van der Waals surface area contributed by atoms with Crippen molar-refractivity contribution in [1.29, 1.82) is 5.26 Å². The number of nitrogens with two attached hydrogens (primary N) is 1. The molecule has 18 heavy (non-hydrogen) atoms. The summed E-state index contributed by atoms with van der Waals surface area (Å²) < 4.78 is 1.55. The van der Waals surface area contributed by atoms with Crippen molar-refractivity contribution in [1.82, 2.24) is 9.78 Å². The standard InChI is InChI=1S/C13H12N4O/c1-8-12(11(7-14)17(2)16-8)9-3-5-10(6-4-9)13(15)18/h3-6H,1-2H3,(H2,15,18). The Morgan fingerprint density at radius 3 is 2.50 bits per heavy atom. The number of aryl methyl sites for hydroxylation is 2. The summed E-state index contributed by atoms with van der Waals surface area (Å²) in [4.78, 5) is 11.0. The molecule has 0 unspecified atom stereocenters. The van der Waals surface area contributed by atoms with Gasteiger partial charge in [0, 0.05) is 18.2 Å². The summed E-state index contributed by atoms with van der Waals surface area (Å²) >= 11 is 0. The van der Waals surface area contributed by atoms with E-state index in [1.807, 2.05) is 6.92 Å². The Bertz CT molecular complexity index is 647. The second-order valence-electron chi connectivity index (χ2n) is 3.99. The second kappa shape index (κ2) is 4.34. The Morgan fingerprint density at radius 1 is 1.39 bits per heavy atom. The molecule has 2 aromatic rings. The minimum absolute atomic E-state index is 0.443. The smallest absolute Gasteiger partial charge is 0.248 e. The maximum absolute atomic E-state index is 11.0. The minimum Gasteiger partial charge on any atom is -0.366 e. The highest BCUT2D eigenvalue weighted by atomic mass is 16.1. The van der Waals surface area contributed by atoms with Gasteiger partial charge in [-0.2, -0.15) is 10.4 Å². The summed E-state index contributed by atoms with van der Waals surface area (Å²) in [6.07, 6.45) is 0. The molecule has 2 rings (SSSR count). The second-order valence-corrected chi connectivity index (χ2v) is 3.99. The zero-order valence-corrected chi connectivity index (χ0v) is 10.1. The van der Waals surface area contributed by atoms with E-state index in [9.17, 15) is 4.79 Å². The molecule has 0 atom stereocenters. The molecule has 0 saturated heterocycles. The van der Waals surface area contributed by atoms with Crippen molar-refractivity contribution in [2.75, 3.05) is 0 Å². The third kappa shape index (κ3) is 1.84. The number of carbonyl (C=O) groups excluding carboxylic acids is 1. The van der Waals surface area contributed by atoms with Gasteiger partial charge in [-0.1, -0.05) is 12.1 Å².